The summed E-state index contributed by atoms with van der Waals surface area (Å²) in [6.07, 6.45) is 3.36. The van der Waals surface area contributed by atoms with E-state index in [1.54, 1.807) is 44.6 Å². The topological polar surface area (TPSA) is 44.8 Å². The van der Waals surface area contributed by atoms with E-state index in [1.807, 2.05) is 43.3 Å². The highest BCUT2D eigenvalue weighted by Crippen LogP contribution is 2.26. The molecular weight excluding hydrogens is 376 g/mol. The van der Waals surface area contributed by atoms with Gasteiger partial charge in [-0.15, -0.1) is 0 Å². The second kappa shape index (κ2) is 9.79. The van der Waals surface area contributed by atoms with Gasteiger partial charge >= 0.3 is 0 Å². The molecule has 0 spiro atoms. The number of benzene rings is 3. The van der Waals surface area contributed by atoms with Crippen molar-refractivity contribution in [2.75, 3.05) is 14.2 Å². The van der Waals surface area contributed by atoms with Gasteiger partial charge in [-0.3, -0.25) is 4.79 Å². The molecule has 0 saturated carbocycles. The fourth-order valence-electron chi connectivity index (χ4n) is 3.10. The number of rotatable bonds is 8. The molecule has 154 valence electrons. The zero-order chi connectivity index (χ0) is 21.5. The van der Waals surface area contributed by atoms with Crippen LogP contribution in [0.1, 0.15) is 32.6 Å². The van der Waals surface area contributed by atoms with Crippen LogP contribution in [0.2, 0.25) is 0 Å². The number of carbonyl (C=O) groups excluding carboxylic acids is 1. The number of ether oxygens (including phenoxy) is 3. The lowest BCUT2D eigenvalue weighted by Gasteiger charge is -2.13. The second-order valence-corrected chi connectivity index (χ2v) is 6.99. The first-order chi connectivity index (χ1) is 14.5. The Balaban J connectivity index is 1.77. The van der Waals surface area contributed by atoms with Gasteiger partial charge in [0.05, 0.1) is 14.2 Å². The van der Waals surface area contributed by atoms with Gasteiger partial charge in [0, 0.05) is 11.1 Å². The van der Waals surface area contributed by atoms with Gasteiger partial charge in [-0.05, 0) is 66.9 Å². The smallest absolute Gasteiger partial charge is 0.185 e. The summed E-state index contributed by atoms with van der Waals surface area (Å²) in [6, 6.07) is 18.9. The quantitative estimate of drug-likeness (QED) is 0.353. The molecule has 0 aliphatic rings. The van der Waals surface area contributed by atoms with Gasteiger partial charge in [-0.1, -0.05) is 36.4 Å². The highest BCUT2D eigenvalue weighted by Gasteiger charge is 2.08. The van der Waals surface area contributed by atoms with Crippen molar-refractivity contribution in [3.05, 3.63) is 94.6 Å². The van der Waals surface area contributed by atoms with Gasteiger partial charge in [-0.25, -0.2) is 0 Å². The van der Waals surface area contributed by atoms with E-state index in [0.29, 0.717) is 17.9 Å². The molecule has 0 fully saturated rings. The number of carbonyl (C=O) groups is 1. The molecule has 0 amide bonds. The van der Waals surface area contributed by atoms with Crippen LogP contribution in [0.15, 0.2) is 66.7 Å². The Bertz CT molecular complexity index is 1070. The van der Waals surface area contributed by atoms with Crippen LogP contribution in [0.25, 0.3) is 6.08 Å². The summed E-state index contributed by atoms with van der Waals surface area (Å²) in [5.74, 6) is 2.17. The van der Waals surface area contributed by atoms with Crippen molar-refractivity contribution >= 4 is 11.9 Å². The normalized spacial score (nSPS) is 10.8. The summed E-state index contributed by atoms with van der Waals surface area (Å²) >= 11 is 0. The van der Waals surface area contributed by atoms with Crippen LogP contribution in [0, 0.1) is 13.8 Å². The number of hydrogen-bond acceptors (Lipinski definition) is 4. The molecule has 4 heteroatoms. The van der Waals surface area contributed by atoms with Gasteiger partial charge in [0.15, 0.2) is 5.78 Å². The Morgan fingerprint density at radius 2 is 1.70 bits per heavy atom. The summed E-state index contributed by atoms with van der Waals surface area (Å²) in [5, 5.41) is 0. The molecule has 30 heavy (non-hydrogen) atoms. The summed E-state index contributed by atoms with van der Waals surface area (Å²) in [7, 11) is 3.22. The largest absolute Gasteiger partial charge is 0.497 e. The van der Waals surface area contributed by atoms with Gasteiger partial charge in [-0.2, -0.15) is 0 Å². The minimum absolute atomic E-state index is 0.0853. The third kappa shape index (κ3) is 5.09. The van der Waals surface area contributed by atoms with Crippen molar-refractivity contribution < 1.29 is 19.0 Å². The highest BCUT2D eigenvalue weighted by atomic mass is 16.5. The van der Waals surface area contributed by atoms with Crippen molar-refractivity contribution in [2.24, 2.45) is 0 Å². The van der Waals surface area contributed by atoms with E-state index >= 15 is 0 Å². The van der Waals surface area contributed by atoms with Gasteiger partial charge in [0.25, 0.3) is 0 Å². The maximum absolute atomic E-state index is 12.5. The molecule has 4 nitrogen and oxygen atoms in total. The molecule has 3 aromatic carbocycles. The van der Waals surface area contributed by atoms with E-state index in [4.69, 9.17) is 14.2 Å². The Kier molecular flexibility index (Phi) is 6.91. The van der Waals surface area contributed by atoms with Gasteiger partial charge in [0.2, 0.25) is 0 Å². The summed E-state index contributed by atoms with van der Waals surface area (Å²) in [4.78, 5) is 12.5. The van der Waals surface area contributed by atoms with Crippen LogP contribution in [0.5, 0.6) is 17.2 Å². The lowest BCUT2D eigenvalue weighted by atomic mass is 10.1. The van der Waals surface area contributed by atoms with E-state index in [-0.39, 0.29) is 5.78 Å². The molecule has 0 aliphatic heterocycles. The van der Waals surface area contributed by atoms with Crippen LogP contribution in [0.3, 0.4) is 0 Å². The molecule has 0 bridgehead atoms. The standard InChI is InChI=1S/C26H26O4/c1-18-7-5-10-25(19(18)2)30-17-22-15-20(12-14-26(22)29-4)11-13-24(27)21-8-6-9-23(16-21)28-3/h5-16H,17H2,1-4H3/b13-11+. The Morgan fingerprint density at radius 1 is 0.900 bits per heavy atom. The molecule has 3 aromatic rings. The molecule has 0 saturated heterocycles. The average molecular weight is 402 g/mol. The third-order valence-corrected chi connectivity index (χ3v) is 5.02. The Morgan fingerprint density at radius 3 is 2.47 bits per heavy atom. The molecule has 0 heterocycles. The maximum atomic E-state index is 12.5. The van der Waals surface area contributed by atoms with Crippen molar-refractivity contribution in [2.45, 2.75) is 20.5 Å². The lowest BCUT2D eigenvalue weighted by Crippen LogP contribution is -2.01. The molecule has 0 aliphatic carbocycles. The predicted octanol–water partition coefficient (Wildman–Crippen LogP) is 5.80. The molecule has 0 radical (unpaired) electrons. The number of aryl methyl sites for hydroxylation is 1. The lowest BCUT2D eigenvalue weighted by molar-refractivity contribution is 0.104. The third-order valence-electron chi connectivity index (χ3n) is 5.02. The number of hydrogen-bond donors (Lipinski definition) is 0. The highest BCUT2D eigenvalue weighted by molar-refractivity contribution is 6.07. The second-order valence-electron chi connectivity index (χ2n) is 6.99. The van der Waals surface area contributed by atoms with Crippen LogP contribution in [0.4, 0.5) is 0 Å². The SMILES string of the molecule is COc1cccc(C(=O)/C=C/c2ccc(OC)c(COc3cccc(C)c3C)c2)c1. The maximum Gasteiger partial charge on any atom is 0.185 e. The monoisotopic (exact) mass is 402 g/mol. The first-order valence-corrected chi connectivity index (χ1v) is 9.74. The summed E-state index contributed by atoms with van der Waals surface area (Å²) in [6.45, 7) is 4.48. The fraction of sp³-hybridized carbons (Fsp3) is 0.192. The molecule has 0 atom stereocenters. The minimum Gasteiger partial charge on any atom is -0.497 e. The van der Waals surface area contributed by atoms with E-state index in [9.17, 15) is 4.79 Å². The molecular formula is C26H26O4. The van der Waals surface area contributed by atoms with E-state index < -0.39 is 0 Å². The zero-order valence-corrected chi connectivity index (χ0v) is 17.8. The summed E-state index contributed by atoms with van der Waals surface area (Å²) < 4.78 is 16.7. The number of allylic oxidation sites excluding steroid dienone is 1. The van der Waals surface area contributed by atoms with Gasteiger partial charge in [0.1, 0.15) is 23.9 Å². The van der Waals surface area contributed by atoms with Crippen LogP contribution in [-0.4, -0.2) is 20.0 Å². The van der Waals surface area contributed by atoms with E-state index in [0.717, 1.165) is 28.2 Å². The van der Waals surface area contributed by atoms with Crippen LogP contribution < -0.4 is 14.2 Å². The first kappa shape index (κ1) is 21.2. The average Bonchev–Trinajstić information content (AvgIpc) is 2.78. The molecule has 0 N–H and O–H groups in total. The van der Waals surface area contributed by atoms with Gasteiger partial charge < -0.3 is 14.2 Å². The Hall–Kier alpha value is -3.53. The molecule has 3 rings (SSSR count). The van der Waals surface area contributed by atoms with E-state index in [2.05, 4.69) is 13.0 Å². The van der Waals surface area contributed by atoms with Crippen LogP contribution >= 0.6 is 0 Å². The van der Waals surface area contributed by atoms with Crippen molar-refractivity contribution in [3.63, 3.8) is 0 Å². The predicted molar refractivity (Wildman–Crippen MR) is 120 cm³/mol. The van der Waals surface area contributed by atoms with Crippen molar-refractivity contribution in [1.29, 1.82) is 0 Å². The summed E-state index contributed by atoms with van der Waals surface area (Å²) in [5.41, 5.74) is 4.70. The minimum atomic E-state index is -0.0853. The molecule has 0 unspecified atom stereocenters. The van der Waals surface area contributed by atoms with Crippen LogP contribution in [-0.2, 0) is 6.61 Å². The molecule has 0 aromatic heterocycles. The van der Waals surface area contributed by atoms with Crippen molar-refractivity contribution in [1.82, 2.24) is 0 Å². The number of methoxy groups -OCH3 is 2. The number of ketones is 1. The van der Waals surface area contributed by atoms with Crippen molar-refractivity contribution in [3.8, 4) is 17.2 Å². The zero-order valence-electron chi connectivity index (χ0n) is 17.8. The fourth-order valence-corrected chi connectivity index (χ4v) is 3.10. The Labute approximate surface area is 177 Å². The first-order valence-electron chi connectivity index (χ1n) is 9.74. The van der Waals surface area contributed by atoms with E-state index in [1.165, 1.54) is 5.56 Å².